The molecule has 3 heterocycles. The van der Waals surface area contributed by atoms with Crippen molar-refractivity contribution >= 4 is 16.4 Å². The molecule has 2 aromatic heterocycles. The number of ether oxygens (including phenoxy) is 3. The first-order valence-electron chi connectivity index (χ1n) is 12.0. The molecule has 0 saturated heterocycles. The summed E-state index contributed by atoms with van der Waals surface area (Å²) < 4.78 is 18.9. The van der Waals surface area contributed by atoms with Crippen LogP contribution in [0.4, 0.5) is 0 Å². The SMILES string of the molecule is COc1ccc(-c2nc3c4c(ncn3n2)Oc2ccc3ccccc3c2[C@@H]4c2ccc(OC)cc2)cc1. The summed E-state index contributed by atoms with van der Waals surface area (Å²) in [4.78, 5) is 9.64. The fraction of sp³-hybridized carbons (Fsp3) is 0.100. The molecule has 1 aliphatic heterocycles. The van der Waals surface area contributed by atoms with Gasteiger partial charge in [0.05, 0.1) is 19.8 Å². The maximum atomic E-state index is 6.40. The number of benzene rings is 4. The first kappa shape index (κ1) is 21.4. The van der Waals surface area contributed by atoms with Gasteiger partial charge in [-0.3, -0.25) is 0 Å². The van der Waals surface area contributed by atoms with Crippen molar-refractivity contribution in [2.24, 2.45) is 0 Å². The Bertz CT molecular complexity index is 1780. The fourth-order valence-corrected chi connectivity index (χ4v) is 5.10. The molecule has 7 heteroatoms. The second kappa shape index (κ2) is 8.34. The largest absolute Gasteiger partial charge is 0.497 e. The molecule has 6 aromatic rings. The molecule has 0 fully saturated rings. The lowest BCUT2D eigenvalue weighted by atomic mass is 9.81. The predicted octanol–water partition coefficient (Wildman–Crippen LogP) is 6.25. The van der Waals surface area contributed by atoms with E-state index in [1.54, 1.807) is 25.1 Å². The van der Waals surface area contributed by atoms with Gasteiger partial charge in [0.1, 0.15) is 23.6 Å². The standard InChI is InChI=1S/C30H22N4O3/c1-35-21-12-7-19(8-13-21)25-26-23-6-4-3-5-18(23)11-16-24(26)37-30-27(25)29-32-28(33-34(29)17-31-30)20-9-14-22(36-2)15-10-20/h3-17,25H,1-2H3/t25-/m0/s1. The first-order chi connectivity index (χ1) is 18.2. The van der Waals surface area contributed by atoms with Gasteiger partial charge in [-0.1, -0.05) is 42.5 Å². The van der Waals surface area contributed by atoms with Gasteiger partial charge in [-0.2, -0.15) is 0 Å². The third-order valence-electron chi connectivity index (χ3n) is 6.90. The van der Waals surface area contributed by atoms with E-state index in [-0.39, 0.29) is 5.92 Å². The Hall–Kier alpha value is -4.91. The van der Waals surface area contributed by atoms with Crippen LogP contribution in [-0.2, 0) is 0 Å². The highest BCUT2D eigenvalue weighted by molar-refractivity contribution is 5.91. The van der Waals surface area contributed by atoms with Crippen LogP contribution in [0.15, 0.2) is 91.3 Å². The van der Waals surface area contributed by atoms with Gasteiger partial charge in [-0.25, -0.2) is 14.5 Å². The minimum atomic E-state index is -0.167. The molecule has 1 atom stereocenters. The number of aromatic nitrogens is 4. The van der Waals surface area contributed by atoms with Gasteiger partial charge in [-0.15, -0.1) is 5.10 Å². The zero-order valence-electron chi connectivity index (χ0n) is 20.3. The highest BCUT2D eigenvalue weighted by atomic mass is 16.5. The smallest absolute Gasteiger partial charge is 0.228 e. The van der Waals surface area contributed by atoms with E-state index in [9.17, 15) is 0 Å². The number of fused-ring (bicyclic) bond motifs is 6. The van der Waals surface area contributed by atoms with Crippen molar-refractivity contribution < 1.29 is 14.2 Å². The Labute approximate surface area is 212 Å². The van der Waals surface area contributed by atoms with Gasteiger partial charge in [0.15, 0.2) is 11.5 Å². The Morgan fingerprint density at radius 3 is 2.27 bits per heavy atom. The Kier molecular flexibility index (Phi) is 4.82. The van der Waals surface area contributed by atoms with E-state index in [0.717, 1.165) is 50.3 Å². The van der Waals surface area contributed by atoms with Crippen molar-refractivity contribution in [3.63, 3.8) is 0 Å². The van der Waals surface area contributed by atoms with Gasteiger partial charge in [0, 0.05) is 17.0 Å². The van der Waals surface area contributed by atoms with Crippen LogP contribution in [0.25, 0.3) is 27.8 Å². The average molecular weight is 487 g/mol. The summed E-state index contributed by atoms with van der Waals surface area (Å²) in [5.41, 5.74) is 4.65. The van der Waals surface area contributed by atoms with Crippen molar-refractivity contribution in [1.29, 1.82) is 0 Å². The normalized spacial score (nSPS) is 14.2. The van der Waals surface area contributed by atoms with Crippen LogP contribution in [-0.4, -0.2) is 33.8 Å². The van der Waals surface area contributed by atoms with Crippen LogP contribution in [0.2, 0.25) is 0 Å². The van der Waals surface area contributed by atoms with Crippen LogP contribution < -0.4 is 14.2 Å². The van der Waals surface area contributed by atoms with E-state index in [1.807, 2.05) is 48.5 Å². The van der Waals surface area contributed by atoms with Gasteiger partial charge in [-0.05, 0) is 58.8 Å². The molecule has 4 aromatic carbocycles. The van der Waals surface area contributed by atoms with Crippen molar-refractivity contribution in [3.05, 3.63) is 108 Å². The lowest BCUT2D eigenvalue weighted by Gasteiger charge is -2.29. The summed E-state index contributed by atoms with van der Waals surface area (Å²) >= 11 is 0. The van der Waals surface area contributed by atoms with Crippen LogP contribution in [0.1, 0.15) is 22.6 Å². The Morgan fingerprint density at radius 1 is 0.784 bits per heavy atom. The summed E-state index contributed by atoms with van der Waals surface area (Å²) in [6, 6.07) is 28.3. The molecular weight excluding hydrogens is 464 g/mol. The Balaban J connectivity index is 1.49. The molecule has 180 valence electrons. The minimum Gasteiger partial charge on any atom is -0.497 e. The molecule has 37 heavy (non-hydrogen) atoms. The molecular formula is C30H22N4O3. The molecule has 1 aliphatic rings. The molecule has 0 saturated carbocycles. The van der Waals surface area contributed by atoms with Gasteiger partial charge >= 0.3 is 0 Å². The minimum absolute atomic E-state index is 0.167. The summed E-state index contributed by atoms with van der Waals surface area (Å²) in [6.45, 7) is 0. The van der Waals surface area contributed by atoms with E-state index in [0.29, 0.717) is 17.4 Å². The molecule has 0 N–H and O–H groups in total. The molecule has 0 aliphatic carbocycles. The topological polar surface area (TPSA) is 70.8 Å². The van der Waals surface area contributed by atoms with Crippen LogP contribution >= 0.6 is 0 Å². The number of hydrogen-bond donors (Lipinski definition) is 0. The van der Waals surface area contributed by atoms with E-state index in [4.69, 9.17) is 24.3 Å². The highest BCUT2D eigenvalue weighted by Gasteiger charge is 2.34. The second-order valence-electron chi connectivity index (χ2n) is 8.90. The molecule has 7 rings (SSSR count). The number of nitrogens with zero attached hydrogens (tertiary/aromatic N) is 4. The third-order valence-corrected chi connectivity index (χ3v) is 6.90. The molecule has 0 unspecified atom stereocenters. The summed E-state index contributed by atoms with van der Waals surface area (Å²) in [5, 5.41) is 7.02. The third kappa shape index (κ3) is 3.39. The van der Waals surface area contributed by atoms with E-state index in [2.05, 4.69) is 41.4 Å². The highest BCUT2D eigenvalue weighted by Crippen LogP contribution is 2.50. The van der Waals surface area contributed by atoms with Crippen molar-refractivity contribution in [1.82, 2.24) is 19.6 Å². The molecule has 0 spiro atoms. The van der Waals surface area contributed by atoms with Gasteiger partial charge < -0.3 is 14.2 Å². The van der Waals surface area contributed by atoms with Crippen LogP contribution in [0.3, 0.4) is 0 Å². The zero-order chi connectivity index (χ0) is 24.9. The van der Waals surface area contributed by atoms with Crippen LogP contribution in [0.5, 0.6) is 23.1 Å². The number of methoxy groups -OCH3 is 2. The van der Waals surface area contributed by atoms with Gasteiger partial charge in [0.25, 0.3) is 0 Å². The van der Waals surface area contributed by atoms with E-state index >= 15 is 0 Å². The first-order valence-corrected chi connectivity index (χ1v) is 12.0. The number of hydrogen-bond acceptors (Lipinski definition) is 6. The molecule has 0 amide bonds. The van der Waals surface area contributed by atoms with E-state index in [1.165, 1.54) is 0 Å². The van der Waals surface area contributed by atoms with E-state index < -0.39 is 0 Å². The molecule has 7 nitrogen and oxygen atoms in total. The zero-order valence-corrected chi connectivity index (χ0v) is 20.3. The van der Waals surface area contributed by atoms with Crippen molar-refractivity contribution in [3.8, 4) is 34.5 Å². The number of rotatable bonds is 4. The summed E-state index contributed by atoms with van der Waals surface area (Å²) in [6.07, 6.45) is 1.66. The lowest BCUT2D eigenvalue weighted by molar-refractivity contribution is 0.414. The predicted molar refractivity (Wildman–Crippen MR) is 141 cm³/mol. The molecule has 0 bridgehead atoms. The second-order valence-corrected chi connectivity index (χ2v) is 8.90. The van der Waals surface area contributed by atoms with Crippen LogP contribution in [0, 0.1) is 0 Å². The Morgan fingerprint density at radius 2 is 1.51 bits per heavy atom. The quantitative estimate of drug-likeness (QED) is 0.293. The average Bonchev–Trinajstić information content (AvgIpc) is 3.41. The summed E-state index contributed by atoms with van der Waals surface area (Å²) in [7, 11) is 3.32. The maximum absolute atomic E-state index is 6.40. The maximum Gasteiger partial charge on any atom is 0.228 e. The van der Waals surface area contributed by atoms with Crippen molar-refractivity contribution in [2.45, 2.75) is 5.92 Å². The van der Waals surface area contributed by atoms with Crippen molar-refractivity contribution in [2.75, 3.05) is 14.2 Å². The van der Waals surface area contributed by atoms with Gasteiger partial charge in [0.2, 0.25) is 5.88 Å². The summed E-state index contributed by atoms with van der Waals surface area (Å²) in [5.74, 6) is 3.34. The lowest BCUT2D eigenvalue weighted by Crippen LogP contribution is -2.15. The monoisotopic (exact) mass is 486 g/mol. The fourth-order valence-electron chi connectivity index (χ4n) is 5.10. The molecule has 0 radical (unpaired) electrons.